The molecule has 0 radical (unpaired) electrons. The van der Waals surface area contributed by atoms with Gasteiger partial charge in [0.25, 0.3) is 0 Å². The van der Waals surface area contributed by atoms with E-state index in [0.29, 0.717) is 28.5 Å². The summed E-state index contributed by atoms with van der Waals surface area (Å²) < 4.78 is 11.7. The van der Waals surface area contributed by atoms with Gasteiger partial charge >= 0.3 is 11.9 Å². The van der Waals surface area contributed by atoms with Crippen molar-refractivity contribution in [1.82, 2.24) is 0 Å². The van der Waals surface area contributed by atoms with Gasteiger partial charge in [0, 0.05) is 37.3 Å². The Morgan fingerprint density at radius 2 is 0.900 bits per heavy atom. The van der Waals surface area contributed by atoms with Crippen LogP contribution in [0, 0.1) is 0 Å². The third-order valence-electron chi connectivity index (χ3n) is 8.09. The Morgan fingerprint density at radius 3 is 1.28 bits per heavy atom. The highest BCUT2D eigenvalue weighted by atomic mass is 16.5. The largest absolute Gasteiger partial charge is 0.550 e. The highest BCUT2D eigenvalue weighted by Crippen LogP contribution is 2.14. The van der Waals surface area contributed by atoms with Gasteiger partial charge in [-0.15, -0.1) is 0 Å². The van der Waals surface area contributed by atoms with E-state index in [1.165, 1.54) is 96.0 Å². The van der Waals surface area contributed by atoms with E-state index in [4.69, 9.17) is 9.47 Å². The summed E-state index contributed by atoms with van der Waals surface area (Å²) in [6, 6.07) is 0. The minimum atomic E-state index is -1.20. The molecule has 50 heavy (non-hydrogen) atoms. The van der Waals surface area contributed by atoms with Crippen LogP contribution >= 0.6 is 0 Å². The zero-order chi connectivity index (χ0) is 38.3. The smallest absolute Gasteiger partial charge is 0.330 e. The van der Waals surface area contributed by atoms with Crippen molar-refractivity contribution in [3.8, 4) is 0 Å². The SMILES string of the molecule is CCCCCCCCCC=CC(=O)OC(CC(=O)[O-])C[N+](C)(C)C.CCCCCCCCCCCCCC(=O)OC(CC(=O)[O-])C[N+](C)(C)C. The van der Waals surface area contributed by atoms with Gasteiger partial charge in [-0.1, -0.05) is 123 Å². The van der Waals surface area contributed by atoms with Crippen molar-refractivity contribution in [2.75, 3.05) is 55.4 Å². The second-order valence-corrected chi connectivity index (χ2v) is 15.9. The van der Waals surface area contributed by atoms with Crippen LogP contribution in [-0.4, -0.2) is 100 Å². The molecule has 0 amide bonds. The maximum atomic E-state index is 11.9. The van der Waals surface area contributed by atoms with Gasteiger partial charge in [0.05, 0.1) is 42.3 Å². The molecule has 0 aromatic carbocycles. The van der Waals surface area contributed by atoms with Gasteiger partial charge in [0.15, 0.2) is 12.2 Å². The van der Waals surface area contributed by atoms with Crippen LogP contribution in [-0.2, 0) is 28.7 Å². The fraction of sp³-hybridized carbons (Fsp3) is 0.850. The van der Waals surface area contributed by atoms with Crippen molar-refractivity contribution in [3.05, 3.63) is 12.2 Å². The zero-order valence-corrected chi connectivity index (χ0v) is 33.4. The van der Waals surface area contributed by atoms with Crippen LogP contribution in [0.3, 0.4) is 0 Å². The minimum absolute atomic E-state index is 0.237. The van der Waals surface area contributed by atoms with Crippen molar-refractivity contribution < 1.29 is 47.8 Å². The van der Waals surface area contributed by atoms with Crippen molar-refractivity contribution in [2.24, 2.45) is 0 Å². The molecule has 10 nitrogen and oxygen atoms in total. The molecule has 0 rings (SSSR count). The fourth-order valence-electron chi connectivity index (χ4n) is 5.66. The molecule has 0 saturated carbocycles. The Labute approximate surface area is 306 Å². The van der Waals surface area contributed by atoms with Gasteiger partial charge in [0.2, 0.25) is 0 Å². The molecule has 2 unspecified atom stereocenters. The molecule has 0 aromatic rings. The van der Waals surface area contributed by atoms with Crippen LogP contribution in [0.4, 0.5) is 0 Å². The van der Waals surface area contributed by atoms with Crippen molar-refractivity contribution in [1.29, 1.82) is 0 Å². The second-order valence-electron chi connectivity index (χ2n) is 15.9. The molecular formula is C40H76N2O8. The van der Waals surface area contributed by atoms with E-state index in [0.717, 1.165) is 32.1 Å². The Morgan fingerprint density at radius 1 is 0.540 bits per heavy atom. The van der Waals surface area contributed by atoms with Gasteiger partial charge in [0.1, 0.15) is 13.1 Å². The van der Waals surface area contributed by atoms with Crippen LogP contribution in [0.1, 0.15) is 155 Å². The molecule has 0 aromatic heterocycles. The highest BCUT2D eigenvalue weighted by Gasteiger charge is 2.23. The van der Waals surface area contributed by atoms with E-state index in [2.05, 4.69) is 13.8 Å². The number of carbonyl (C=O) groups excluding carboxylic acids is 4. The molecule has 0 heterocycles. The zero-order valence-electron chi connectivity index (χ0n) is 33.4. The molecule has 0 spiro atoms. The van der Waals surface area contributed by atoms with Gasteiger partial charge in [-0.2, -0.15) is 0 Å². The van der Waals surface area contributed by atoms with E-state index in [1.807, 2.05) is 48.4 Å². The maximum Gasteiger partial charge on any atom is 0.330 e. The summed E-state index contributed by atoms with van der Waals surface area (Å²) >= 11 is 0. The molecule has 0 bridgehead atoms. The molecule has 10 heteroatoms. The summed E-state index contributed by atoms with van der Waals surface area (Å²) in [4.78, 5) is 45.3. The van der Waals surface area contributed by atoms with E-state index in [1.54, 1.807) is 0 Å². The monoisotopic (exact) mass is 713 g/mol. The number of nitrogens with zero attached hydrogens (tertiary/aromatic N) is 2. The standard InChI is InChI=1S/C21H41NO4.C19H35NO4/c1-5-6-7-8-9-10-11-12-13-14-15-16-21(25)26-19(17-20(23)24)18-22(2,3)4;1-5-6-7-8-9-10-11-12-13-14-19(23)24-17(15-18(21)22)16-20(2,3)4/h19H,5-18H2,1-4H3;13-14,17H,5-12,15-16H2,1-4H3. The molecule has 294 valence electrons. The summed E-state index contributed by atoms with van der Waals surface area (Å²) in [6.45, 7) is 5.36. The van der Waals surface area contributed by atoms with Crippen LogP contribution in [0.2, 0.25) is 0 Å². The van der Waals surface area contributed by atoms with Gasteiger partial charge in [-0.25, -0.2) is 4.79 Å². The number of esters is 2. The van der Waals surface area contributed by atoms with Gasteiger partial charge in [-0.3, -0.25) is 4.79 Å². The number of carbonyl (C=O) groups is 4. The molecule has 2 atom stereocenters. The Hall–Kier alpha value is -2.46. The number of allylic oxidation sites excluding steroid dienone is 1. The number of ether oxygens (including phenoxy) is 2. The lowest BCUT2D eigenvalue weighted by Gasteiger charge is -2.29. The minimum Gasteiger partial charge on any atom is -0.550 e. The number of rotatable bonds is 31. The predicted molar refractivity (Wildman–Crippen MR) is 198 cm³/mol. The highest BCUT2D eigenvalue weighted by molar-refractivity contribution is 5.82. The fourth-order valence-corrected chi connectivity index (χ4v) is 5.66. The lowest BCUT2D eigenvalue weighted by atomic mass is 10.1. The molecule has 0 N–H and O–H groups in total. The molecule has 0 aliphatic heterocycles. The quantitative estimate of drug-likeness (QED) is 0.0377. The lowest BCUT2D eigenvalue weighted by molar-refractivity contribution is -0.873. The average Bonchev–Trinajstić information content (AvgIpc) is 2.97. The molecular weight excluding hydrogens is 636 g/mol. The van der Waals surface area contributed by atoms with Crippen LogP contribution in [0.25, 0.3) is 0 Å². The number of carboxylic acid groups (broad SMARTS) is 2. The predicted octanol–water partition coefficient (Wildman–Crippen LogP) is 5.89. The van der Waals surface area contributed by atoms with Crippen LogP contribution in [0.5, 0.6) is 0 Å². The molecule has 0 saturated heterocycles. The third-order valence-corrected chi connectivity index (χ3v) is 8.09. The number of hydrogen-bond donors (Lipinski definition) is 0. The average molecular weight is 713 g/mol. The Bertz CT molecular complexity index is 908. The van der Waals surface area contributed by atoms with Crippen molar-refractivity contribution >= 4 is 23.9 Å². The second kappa shape index (κ2) is 31.3. The van der Waals surface area contributed by atoms with Gasteiger partial charge < -0.3 is 38.2 Å². The molecule has 0 fully saturated rings. The number of carboxylic acids is 2. The van der Waals surface area contributed by atoms with E-state index in [9.17, 15) is 29.4 Å². The maximum absolute atomic E-state index is 11.9. The first-order chi connectivity index (χ1) is 23.5. The van der Waals surface area contributed by atoms with Gasteiger partial charge in [-0.05, 0) is 19.3 Å². The Balaban J connectivity index is 0. The summed E-state index contributed by atoms with van der Waals surface area (Å²) in [7, 11) is 11.6. The first-order valence-corrected chi connectivity index (χ1v) is 19.6. The summed E-state index contributed by atoms with van der Waals surface area (Å²) in [5.41, 5.74) is 0. The van der Waals surface area contributed by atoms with E-state index < -0.39 is 30.1 Å². The first-order valence-electron chi connectivity index (χ1n) is 19.6. The molecule has 0 aliphatic rings. The summed E-state index contributed by atoms with van der Waals surface area (Å²) in [5.74, 6) is -3.14. The number of unbranched alkanes of at least 4 members (excludes halogenated alkanes) is 17. The van der Waals surface area contributed by atoms with Crippen LogP contribution in [0.15, 0.2) is 12.2 Å². The summed E-state index contributed by atoms with van der Waals surface area (Å²) in [6.07, 6.45) is 24.9. The van der Waals surface area contributed by atoms with Crippen molar-refractivity contribution in [2.45, 2.75) is 167 Å². The van der Waals surface area contributed by atoms with E-state index >= 15 is 0 Å². The number of aliphatic carboxylic acids is 2. The van der Waals surface area contributed by atoms with Crippen LogP contribution < -0.4 is 10.2 Å². The number of hydrogen-bond acceptors (Lipinski definition) is 8. The normalized spacial score (nSPS) is 13.0. The summed E-state index contributed by atoms with van der Waals surface area (Å²) in [5, 5.41) is 21.6. The lowest BCUT2D eigenvalue weighted by Crippen LogP contribution is -2.45. The molecule has 0 aliphatic carbocycles. The van der Waals surface area contributed by atoms with Crippen molar-refractivity contribution in [3.63, 3.8) is 0 Å². The number of likely N-dealkylation sites (N-methyl/N-ethyl adjacent to an activating group) is 2. The first kappa shape index (κ1) is 49.7. The topological polar surface area (TPSA) is 133 Å². The number of quaternary nitrogens is 2. The third kappa shape index (κ3) is 40.0. The Kier molecular flexibility index (Phi) is 31.1. The van der Waals surface area contributed by atoms with E-state index in [-0.39, 0.29) is 18.8 Å².